The lowest BCUT2D eigenvalue weighted by Gasteiger charge is -2.22. The summed E-state index contributed by atoms with van der Waals surface area (Å²) in [6.45, 7) is 26.8. The zero-order valence-corrected chi connectivity index (χ0v) is 17.1. The maximum atomic E-state index is 3.73. The van der Waals surface area contributed by atoms with E-state index in [1.165, 1.54) is 22.3 Å². The van der Waals surface area contributed by atoms with E-state index in [-0.39, 0.29) is 12.8 Å². The van der Waals surface area contributed by atoms with Crippen LogP contribution in [0.2, 0.25) is 0 Å². The molecule has 0 aromatic heterocycles. The van der Waals surface area contributed by atoms with Gasteiger partial charge in [0.15, 0.2) is 0 Å². The highest BCUT2D eigenvalue weighted by atomic mass is 14.4. The first-order chi connectivity index (χ1) is 10.5. The van der Waals surface area contributed by atoms with Crippen LogP contribution in [0.4, 0.5) is 0 Å². The highest BCUT2D eigenvalue weighted by Gasteiger charge is 2.32. The van der Waals surface area contributed by atoms with Crippen molar-refractivity contribution in [3.8, 4) is 0 Å². The van der Waals surface area contributed by atoms with E-state index in [0.29, 0.717) is 0 Å². The monoisotopic (exact) mass is 320 g/mol. The predicted molar refractivity (Wildman–Crippen MR) is 114 cm³/mol. The number of rotatable bonds is 3. The predicted octanol–water partition coefficient (Wildman–Crippen LogP) is 8.69. The molecule has 0 nitrogen and oxygen atoms in total. The van der Waals surface area contributed by atoms with Crippen LogP contribution in [0.25, 0.3) is 0 Å². The molecule has 0 bridgehead atoms. The maximum absolute atomic E-state index is 3.73. The highest BCUT2D eigenvalue weighted by molar-refractivity contribution is 5.60. The Morgan fingerprint density at radius 2 is 1.13 bits per heavy atom. The van der Waals surface area contributed by atoms with Gasteiger partial charge in [-0.05, 0) is 31.9 Å². The molecule has 1 aliphatic carbocycles. The molecule has 136 valence electrons. The highest BCUT2D eigenvalue weighted by Crippen LogP contribution is 2.47. The second-order valence-corrected chi connectivity index (χ2v) is 4.80. The Bertz CT molecular complexity index is 409. The molecular formula is C23H44. The molecule has 0 aromatic carbocycles. The molecule has 0 N–H and O–H groups in total. The first-order valence-electron chi connectivity index (χ1n) is 8.81. The number of hydrogen-bond donors (Lipinski definition) is 0. The van der Waals surface area contributed by atoms with Crippen LogP contribution in [0.5, 0.6) is 0 Å². The molecule has 0 spiro atoms. The van der Waals surface area contributed by atoms with Gasteiger partial charge < -0.3 is 0 Å². The molecule has 0 aliphatic heterocycles. The van der Waals surface area contributed by atoms with Crippen LogP contribution in [-0.2, 0) is 0 Å². The molecule has 0 aromatic rings. The first kappa shape index (κ1) is 29.7. The van der Waals surface area contributed by atoms with Gasteiger partial charge >= 0.3 is 0 Å². The third-order valence-electron chi connectivity index (χ3n) is 3.71. The van der Waals surface area contributed by atoms with Crippen molar-refractivity contribution in [2.24, 2.45) is 5.41 Å². The minimum absolute atomic E-state index is 0. The molecule has 23 heavy (non-hydrogen) atoms. The lowest BCUT2D eigenvalue weighted by molar-refractivity contribution is 0.548. The standard InChI is InChI=1S/C16H22.3C2H6.CH4/c1-7-9-11-15-13(4)16(5,6)12(3)14(15)10-8-2;3*1-2;/h7-11H,1H2,2-6H3;3*1-2H3;1H4/b10-8-,11-9-;;;;. The summed E-state index contributed by atoms with van der Waals surface area (Å²) in [5, 5.41) is 0. The van der Waals surface area contributed by atoms with Crippen LogP contribution in [-0.4, -0.2) is 0 Å². The molecule has 0 unspecified atom stereocenters. The van der Waals surface area contributed by atoms with Gasteiger partial charge in [-0.2, -0.15) is 0 Å². The van der Waals surface area contributed by atoms with Gasteiger partial charge in [0.1, 0.15) is 0 Å². The molecular weight excluding hydrogens is 276 g/mol. The van der Waals surface area contributed by atoms with Crippen molar-refractivity contribution < 1.29 is 0 Å². The second-order valence-electron chi connectivity index (χ2n) is 4.80. The van der Waals surface area contributed by atoms with E-state index in [1.54, 1.807) is 0 Å². The average Bonchev–Trinajstić information content (AvgIpc) is 2.73. The molecule has 0 amide bonds. The van der Waals surface area contributed by atoms with Gasteiger partial charge in [0.25, 0.3) is 0 Å². The van der Waals surface area contributed by atoms with E-state index in [1.807, 2.05) is 53.7 Å². The fraction of sp³-hybridized carbons (Fsp3) is 0.565. The van der Waals surface area contributed by atoms with Gasteiger partial charge in [-0.3, -0.25) is 0 Å². The fourth-order valence-electron chi connectivity index (χ4n) is 2.12. The van der Waals surface area contributed by atoms with Crippen molar-refractivity contribution in [3.05, 3.63) is 59.3 Å². The number of allylic oxidation sites excluding steroid dienone is 9. The van der Waals surface area contributed by atoms with E-state index >= 15 is 0 Å². The van der Waals surface area contributed by atoms with Crippen molar-refractivity contribution in [2.75, 3.05) is 0 Å². The lowest BCUT2D eigenvalue weighted by Crippen LogP contribution is -2.11. The van der Waals surface area contributed by atoms with Crippen molar-refractivity contribution in [1.29, 1.82) is 0 Å². The lowest BCUT2D eigenvalue weighted by atomic mass is 9.82. The smallest absolute Gasteiger partial charge is 0.00769 e. The zero-order valence-electron chi connectivity index (χ0n) is 17.1. The molecule has 0 saturated carbocycles. The van der Waals surface area contributed by atoms with E-state index in [4.69, 9.17) is 0 Å². The second kappa shape index (κ2) is 17.1. The Kier molecular flexibility index (Phi) is 22.0. The summed E-state index contributed by atoms with van der Waals surface area (Å²) in [6, 6.07) is 0. The third kappa shape index (κ3) is 8.21. The van der Waals surface area contributed by atoms with Gasteiger partial charge in [0, 0.05) is 5.41 Å². The van der Waals surface area contributed by atoms with Crippen molar-refractivity contribution in [3.63, 3.8) is 0 Å². The summed E-state index contributed by atoms with van der Waals surface area (Å²) in [7, 11) is 0. The summed E-state index contributed by atoms with van der Waals surface area (Å²) in [6.07, 6.45) is 10.3. The molecule has 0 heterocycles. The topological polar surface area (TPSA) is 0 Å². The van der Waals surface area contributed by atoms with E-state index < -0.39 is 0 Å². The van der Waals surface area contributed by atoms with Crippen molar-refractivity contribution >= 4 is 0 Å². The summed E-state index contributed by atoms with van der Waals surface area (Å²) in [4.78, 5) is 0. The average molecular weight is 321 g/mol. The summed E-state index contributed by atoms with van der Waals surface area (Å²) in [5.74, 6) is 0. The largest absolute Gasteiger partial charge is 0.0991 e. The molecule has 0 radical (unpaired) electrons. The summed E-state index contributed by atoms with van der Waals surface area (Å²) >= 11 is 0. The fourth-order valence-corrected chi connectivity index (χ4v) is 2.12. The molecule has 0 atom stereocenters. The van der Waals surface area contributed by atoms with E-state index in [2.05, 4.69) is 59.4 Å². The van der Waals surface area contributed by atoms with Gasteiger partial charge in [-0.15, -0.1) is 0 Å². The first-order valence-corrected chi connectivity index (χ1v) is 8.81. The molecule has 1 rings (SSSR count). The maximum Gasteiger partial charge on any atom is 0.00769 e. The molecule has 0 fully saturated rings. The van der Waals surface area contributed by atoms with Gasteiger partial charge in [0.05, 0.1) is 0 Å². The Morgan fingerprint density at radius 3 is 1.43 bits per heavy atom. The van der Waals surface area contributed by atoms with Crippen molar-refractivity contribution in [2.45, 2.75) is 83.6 Å². The Balaban J connectivity index is -0.000000231. The van der Waals surface area contributed by atoms with Crippen LogP contribution in [0.3, 0.4) is 0 Å². The van der Waals surface area contributed by atoms with Gasteiger partial charge in [0.2, 0.25) is 0 Å². The van der Waals surface area contributed by atoms with Crippen LogP contribution < -0.4 is 0 Å². The van der Waals surface area contributed by atoms with Crippen LogP contribution in [0.1, 0.15) is 83.6 Å². The van der Waals surface area contributed by atoms with Crippen LogP contribution in [0, 0.1) is 5.41 Å². The Labute approximate surface area is 148 Å². The molecule has 0 heteroatoms. The molecule has 0 saturated heterocycles. The number of hydrogen-bond acceptors (Lipinski definition) is 0. The van der Waals surface area contributed by atoms with E-state index in [9.17, 15) is 0 Å². The minimum atomic E-state index is 0. The third-order valence-corrected chi connectivity index (χ3v) is 3.71. The van der Waals surface area contributed by atoms with Crippen LogP contribution >= 0.6 is 0 Å². The Hall–Kier alpha value is -1.30. The van der Waals surface area contributed by atoms with E-state index in [0.717, 1.165) is 0 Å². The Morgan fingerprint density at radius 1 is 0.783 bits per heavy atom. The molecule has 1 aliphatic rings. The normalized spacial score (nSPS) is 15.1. The van der Waals surface area contributed by atoms with Gasteiger partial charge in [-0.25, -0.2) is 0 Å². The van der Waals surface area contributed by atoms with Crippen molar-refractivity contribution in [1.82, 2.24) is 0 Å². The van der Waals surface area contributed by atoms with Crippen LogP contribution in [0.15, 0.2) is 59.3 Å². The SMILES string of the molecule is C.C=C/C=C\C1=C(C)C(C)(C)C(C)=C1/C=C\C.CC.CC.CC. The summed E-state index contributed by atoms with van der Waals surface area (Å²) in [5.41, 5.74) is 5.78. The zero-order chi connectivity index (χ0) is 18.3. The summed E-state index contributed by atoms with van der Waals surface area (Å²) < 4.78 is 0. The minimum Gasteiger partial charge on any atom is -0.0991 e. The van der Waals surface area contributed by atoms with Gasteiger partial charge in [-0.1, -0.05) is 111 Å². The quantitative estimate of drug-likeness (QED) is 0.456.